The highest BCUT2D eigenvalue weighted by Crippen LogP contribution is 2.23. The average molecular weight is 269 g/mol. The Bertz CT molecular complexity index is 252. The highest BCUT2D eigenvalue weighted by molar-refractivity contribution is 4.85. The zero-order chi connectivity index (χ0) is 14.5. The summed E-state index contributed by atoms with van der Waals surface area (Å²) in [5.41, 5.74) is 0.321. The van der Waals surface area contributed by atoms with E-state index in [0.29, 0.717) is 11.5 Å². The minimum Gasteiger partial charge on any atom is -0.314 e. The van der Waals surface area contributed by atoms with Gasteiger partial charge in [0.25, 0.3) is 0 Å². The second-order valence-electron chi connectivity index (χ2n) is 7.14. The van der Waals surface area contributed by atoms with Gasteiger partial charge in [-0.05, 0) is 58.8 Å². The van der Waals surface area contributed by atoms with Crippen LogP contribution >= 0.6 is 0 Å². The van der Waals surface area contributed by atoms with Gasteiger partial charge in [0, 0.05) is 25.2 Å². The molecule has 0 aromatic rings. The Kier molecular flexibility index (Phi) is 6.78. The van der Waals surface area contributed by atoms with Crippen molar-refractivity contribution in [1.29, 1.82) is 0 Å². The molecule has 0 aromatic carbocycles. The van der Waals surface area contributed by atoms with Gasteiger partial charge in [-0.15, -0.1) is 0 Å². The number of likely N-dealkylation sites (tertiary alicyclic amines) is 1. The van der Waals surface area contributed by atoms with Gasteiger partial charge in [-0.2, -0.15) is 0 Å². The van der Waals surface area contributed by atoms with Gasteiger partial charge in [0.15, 0.2) is 0 Å². The van der Waals surface area contributed by atoms with Gasteiger partial charge in [0.05, 0.1) is 0 Å². The first-order valence-corrected chi connectivity index (χ1v) is 7.99. The Morgan fingerprint density at radius 3 is 2.63 bits per heavy atom. The van der Waals surface area contributed by atoms with E-state index in [4.69, 9.17) is 0 Å². The Morgan fingerprint density at radius 1 is 1.42 bits per heavy atom. The molecule has 0 aliphatic carbocycles. The lowest BCUT2D eigenvalue weighted by molar-refractivity contribution is 0.138. The van der Waals surface area contributed by atoms with Crippen molar-refractivity contribution in [2.24, 2.45) is 5.41 Å². The quantitative estimate of drug-likeness (QED) is 0.730. The van der Waals surface area contributed by atoms with Crippen LogP contribution in [0.4, 0.5) is 0 Å². The van der Waals surface area contributed by atoms with Crippen LogP contribution in [0, 0.1) is 5.41 Å². The fraction of sp³-hybridized carbons (Fsp3) is 1.00. The third kappa shape index (κ3) is 5.41. The summed E-state index contributed by atoms with van der Waals surface area (Å²) in [4.78, 5) is 5.04. The van der Waals surface area contributed by atoms with Gasteiger partial charge in [-0.1, -0.05) is 20.8 Å². The maximum Gasteiger partial charge on any atom is 0.0220 e. The smallest absolute Gasteiger partial charge is 0.0220 e. The molecule has 114 valence electrons. The third-order valence-electron chi connectivity index (χ3n) is 4.74. The summed E-state index contributed by atoms with van der Waals surface area (Å²) in [7, 11) is 4.54. The summed E-state index contributed by atoms with van der Waals surface area (Å²) < 4.78 is 0. The van der Waals surface area contributed by atoms with Crippen molar-refractivity contribution in [1.82, 2.24) is 15.1 Å². The van der Waals surface area contributed by atoms with Crippen molar-refractivity contribution >= 4 is 0 Å². The molecular formula is C16H35N3. The molecule has 1 heterocycles. The number of hydrogen-bond donors (Lipinski definition) is 1. The first-order chi connectivity index (χ1) is 8.86. The van der Waals surface area contributed by atoms with E-state index in [-0.39, 0.29) is 0 Å². The van der Waals surface area contributed by atoms with E-state index < -0.39 is 0 Å². The molecule has 0 radical (unpaired) electrons. The van der Waals surface area contributed by atoms with Crippen molar-refractivity contribution in [2.45, 2.75) is 59.0 Å². The number of likely N-dealkylation sites (N-methyl/N-ethyl adjacent to an activating group) is 2. The fourth-order valence-corrected chi connectivity index (χ4v) is 3.10. The first-order valence-electron chi connectivity index (χ1n) is 7.99. The summed E-state index contributed by atoms with van der Waals surface area (Å²) in [6.45, 7) is 14.1. The lowest BCUT2D eigenvalue weighted by Crippen LogP contribution is -2.48. The zero-order valence-electron chi connectivity index (χ0n) is 14.0. The van der Waals surface area contributed by atoms with Crippen molar-refractivity contribution in [3.63, 3.8) is 0 Å². The molecule has 1 aliphatic rings. The predicted molar refractivity (Wildman–Crippen MR) is 84.7 cm³/mol. The lowest BCUT2D eigenvalue weighted by Gasteiger charge is -2.37. The molecular weight excluding hydrogens is 234 g/mol. The predicted octanol–water partition coefficient (Wildman–Crippen LogP) is 2.43. The average Bonchev–Trinajstić information content (AvgIpc) is 2.71. The number of nitrogens with zero attached hydrogens (tertiary/aromatic N) is 2. The third-order valence-corrected chi connectivity index (χ3v) is 4.74. The van der Waals surface area contributed by atoms with Crippen LogP contribution in [0.25, 0.3) is 0 Å². The van der Waals surface area contributed by atoms with Crippen LogP contribution in [-0.2, 0) is 0 Å². The largest absolute Gasteiger partial charge is 0.314 e. The fourth-order valence-electron chi connectivity index (χ4n) is 3.10. The van der Waals surface area contributed by atoms with E-state index >= 15 is 0 Å². The van der Waals surface area contributed by atoms with Gasteiger partial charge in [-0.25, -0.2) is 0 Å². The molecule has 1 saturated heterocycles. The molecule has 0 saturated carbocycles. The van der Waals surface area contributed by atoms with E-state index in [2.05, 4.69) is 56.9 Å². The molecule has 0 amide bonds. The van der Waals surface area contributed by atoms with Crippen LogP contribution in [0.3, 0.4) is 0 Å². The summed E-state index contributed by atoms with van der Waals surface area (Å²) in [6.07, 6.45) is 3.95. The Balaban J connectivity index is 2.38. The van der Waals surface area contributed by atoms with Gasteiger partial charge < -0.3 is 15.1 Å². The molecule has 0 spiro atoms. The summed E-state index contributed by atoms with van der Waals surface area (Å²) in [6, 6.07) is 1.33. The van der Waals surface area contributed by atoms with E-state index in [0.717, 1.165) is 19.1 Å². The van der Waals surface area contributed by atoms with Gasteiger partial charge in [-0.3, -0.25) is 0 Å². The van der Waals surface area contributed by atoms with E-state index in [9.17, 15) is 0 Å². The van der Waals surface area contributed by atoms with Gasteiger partial charge in [0.1, 0.15) is 0 Å². The number of nitrogens with one attached hydrogen (secondary N) is 1. The number of rotatable bonds is 8. The molecule has 3 heteroatoms. The molecule has 2 atom stereocenters. The van der Waals surface area contributed by atoms with Crippen molar-refractivity contribution in [3.8, 4) is 0 Å². The number of hydrogen-bond acceptors (Lipinski definition) is 3. The Labute approximate surface area is 120 Å². The van der Waals surface area contributed by atoms with Crippen molar-refractivity contribution < 1.29 is 0 Å². The van der Waals surface area contributed by atoms with Gasteiger partial charge in [0.2, 0.25) is 0 Å². The summed E-state index contributed by atoms with van der Waals surface area (Å²) in [5, 5.41) is 3.64. The van der Waals surface area contributed by atoms with Crippen LogP contribution < -0.4 is 5.32 Å². The Morgan fingerprint density at radius 2 is 2.11 bits per heavy atom. The van der Waals surface area contributed by atoms with Crippen LogP contribution in [0.5, 0.6) is 0 Å². The van der Waals surface area contributed by atoms with Crippen molar-refractivity contribution in [2.75, 3.05) is 40.3 Å². The van der Waals surface area contributed by atoms with Crippen LogP contribution in [-0.4, -0.2) is 62.2 Å². The molecule has 0 aromatic heterocycles. The minimum absolute atomic E-state index is 0.321. The molecule has 1 aliphatic heterocycles. The highest BCUT2D eigenvalue weighted by Gasteiger charge is 2.29. The topological polar surface area (TPSA) is 18.5 Å². The molecule has 1 N–H and O–H groups in total. The molecule has 1 fully saturated rings. The zero-order valence-corrected chi connectivity index (χ0v) is 14.0. The van der Waals surface area contributed by atoms with E-state index in [1.165, 1.54) is 32.4 Å². The van der Waals surface area contributed by atoms with Gasteiger partial charge >= 0.3 is 0 Å². The Hall–Kier alpha value is -0.120. The first kappa shape index (κ1) is 16.9. The molecule has 1 rings (SSSR count). The summed E-state index contributed by atoms with van der Waals surface area (Å²) in [5.74, 6) is 0. The van der Waals surface area contributed by atoms with Crippen LogP contribution in [0.15, 0.2) is 0 Å². The maximum absolute atomic E-state index is 3.64. The highest BCUT2D eigenvalue weighted by atomic mass is 15.2. The van der Waals surface area contributed by atoms with Crippen molar-refractivity contribution in [3.05, 3.63) is 0 Å². The lowest BCUT2D eigenvalue weighted by atomic mass is 9.84. The van der Waals surface area contributed by atoms with Crippen LogP contribution in [0.2, 0.25) is 0 Å². The van der Waals surface area contributed by atoms with E-state index in [1.807, 2.05) is 0 Å². The normalized spacial score (nSPS) is 23.2. The molecule has 2 unspecified atom stereocenters. The molecule has 0 bridgehead atoms. The van der Waals surface area contributed by atoms with E-state index in [1.54, 1.807) is 0 Å². The monoisotopic (exact) mass is 269 g/mol. The SMILES string of the molecule is CCCNC(C)C(C)(C)CN(C)CC1CCCN1C. The molecule has 19 heavy (non-hydrogen) atoms. The minimum atomic E-state index is 0.321. The van der Waals surface area contributed by atoms with Crippen LogP contribution in [0.1, 0.15) is 47.0 Å². The summed E-state index contributed by atoms with van der Waals surface area (Å²) >= 11 is 0. The molecule has 3 nitrogen and oxygen atoms in total. The second-order valence-corrected chi connectivity index (χ2v) is 7.14. The standard InChI is InChI=1S/C16H35N3/c1-7-10-17-14(2)16(3,4)13-18(5)12-15-9-8-11-19(15)6/h14-15,17H,7-13H2,1-6H3. The maximum atomic E-state index is 3.64. The second kappa shape index (κ2) is 7.61.